The van der Waals surface area contributed by atoms with Crippen molar-refractivity contribution in [3.63, 3.8) is 0 Å². The summed E-state index contributed by atoms with van der Waals surface area (Å²) in [7, 11) is 0. The maximum absolute atomic E-state index is 9.05. The minimum Gasteiger partial charge on any atom is -0.353 e. The molecule has 1 N–H and O–H groups in total. The van der Waals surface area contributed by atoms with Crippen LogP contribution in [-0.4, -0.2) is 51.0 Å². The van der Waals surface area contributed by atoms with Gasteiger partial charge in [0.15, 0.2) is 0 Å². The van der Waals surface area contributed by atoms with E-state index in [1.165, 1.54) is 11.5 Å². The molecule has 4 heterocycles. The normalized spacial score (nSPS) is 22.8. The fraction of sp³-hybridized carbons (Fsp3) is 0.529. The Labute approximate surface area is 151 Å². The lowest BCUT2D eigenvalue weighted by Crippen LogP contribution is -2.54. The Hall–Kier alpha value is -2.24. The van der Waals surface area contributed by atoms with Crippen molar-refractivity contribution < 1.29 is 0 Å². The van der Waals surface area contributed by atoms with E-state index in [9.17, 15) is 0 Å². The molecule has 2 aromatic heterocycles. The SMILES string of the molecule is Cc1cc(Nc2ncc(C)c(N3CC4CCC(C3)N4CC#N)n2)sn1. The van der Waals surface area contributed by atoms with Gasteiger partial charge in [0.05, 0.1) is 18.3 Å². The van der Waals surface area contributed by atoms with Crippen LogP contribution in [0.15, 0.2) is 12.3 Å². The zero-order valence-electron chi connectivity index (χ0n) is 14.4. The van der Waals surface area contributed by atoms with E-state index in [2.05, 4.69) is 37.5 Å². The van der Waals surface area contributed by atoms with Crippen LogP contribution in [0.25, 0.3) is 0 Å². The molecule has 2 aromatic rings. The van der Waals surface area contributed by atoms with E-state index in [0.29, 0.717) is 24.6 Å². The highest BCUT2D eigenvalue weighted by molar-refractivity contribution is 7.10. The Bertz CT molecular complexity index is 798. The lowest BCUT2D eigenvalue weighted by atomic mass is 10.1. The topological polar surface area (TPSA) is 81.0 Å². The predicted molar refractivity (Wildman–Crippen MR) is 98.2 cm³/mol. The highest BCUT2D eigenvalue weighted by atomic mass is 32.1. The number of nitrogens with zero attached hydrogens (tertiary/aromatic N) is 6. The average Bonchev–Trinajstić information content (AvgIpc) is 3.09. The number of nitrogens with one attached hydrogen (secondary N) is 1. The summed E-state index contributed by atoms with van der Waals surface area (Å²) in [4.78, 5) is 13.9. The molecule has 2 fully saturated rings. The number of piperazine rings is 1. The lowest BCUT2D eigenvalue weighted by Gasteiger charge is -2.40. The third kappa shape index (κ3) is 3.17. The summed E-state index contributed by atoms with van der Waals surface area (Å²) in [5, 5.41) is 13.3. The Balaban J connectivity index is 1.54. The third-order valence-corrected chi connectivity index (χ3v) is 5.79. The Morgan fingerprint density at radius 1 is 1.32 bits per heavy atom. The summed E-state index contributed by atoms with van der Waals surface area (Å²) >= 11 is 1.41. The van der Waals surface area contributed by atoms with Crippen LogP contribution in [0.2, 0.25) is 0 Å². The molecule has 0 aliphatic carbocycles. The highest BCUT2D eigenvalue weighted by Crippen LogP contribution is 2.33. The molecule has 0 amide bonds. The van der Waals surface area contributed by atoms with E-state index in [-0.39, 0.29) is 0 Å². The Morgan fingerprint density at radius 2 is 2.08 bits per heavy atom. The fourth-order valence-electron chi connectivity index (χ4n) is 3.85. The van der Waals surface area contributed by atoms with Crippen molar-refractivity contribution >= 4 is 28.3 Å². The Kier molecular flexibility index (Phi) is 4.27. The van der Waals surface area contributed by atoms with Crippen molar-refractivity contribution in [2.45, 2.75) is 38.8 Å². The zero-order valence-corrected chi connectivity index (χ0v) is 15.3. The third-order valence-electron chi connectivity index (χ3n) is 4.99. The van der Waals surface area contributed by atoms with E-state index in [1.807, 2.05) is 19.2 Å². The second-order valence-corrected chi connectivity index (χ2v) is 7.58. The molecule has 2 aliphatic rings. The predicted octanol–water partition coefficient (Wildman–Crippen LogP) is 2.47. The summed E-state index contributed by atoms with van der Waals surface area (Å²) in [6.45, 7) is 6.41. The van der Waals surface area contributed by atoms with Crippen LogP contribution in [0.4, 0.5) is 16.8 Å². The molecule has 2 aliphatic heterocycles. The van der Waals surface area contributed by atoms with Crippen molar-refractivity contribution in [1.82, 2.24) is 19.2 Å². The van der Waals surface area contributed by atoms with Crippen molar-refractivity contribution in [1.29, 1.82) is 5.26 Å². The van der Waals surface area contributed by atoms with Gasteiger partial charge in [-0.15, -0.1) is 0 Å². The summed E-state index contributed by atoms with van der Waals surface area (Å²) < 4.78 is 4.28. The summed E-state index contributed by atoms with van der Waals surface area (Å²) in [5.41, 5.74) is 2.07. The van der Waals surface area contributed by atoms with Gasteiger partial charge in [-0.1, -0.05) is 0 Å². The first-order chi connectivity index (χ1) is 12.1. The molecule has 0 saturated carbocycles. The first kappa shape index (κ1) is 16.2. The van der Waals surface area contributed by atoms with Gasteiger partial charge < -0.3 is 10.2 Å². The molecule has 25 heavy (non-hydrogen) atoms. The molecule has 0 radical (unpaired) electrons. The van der Waals surface area contributed by atoms with Gasteiger partial charge >= 0.3 is 0 Å². The fourth-order valence-corrected chi connectivity index (χ4v) is 4.50. The quantitative estimate of drug-likeness (QED) is 0.844. The number of aromatic nitrogens is 3. The van der Waals surface area contributed by atoms with Gasteiger partial charge in [-0.2, -0.15) is 14.6 Å². The largest absolute Gasteiger partial charge is 0.353 e. The van der Waals surface area contributed by atoms with Crippen molar-refractivity contribution in [3.05, 3.63) is 23.5 Å². The van der Waals surface area contributed by atoms with E-state index in [4.69, 9.17) is 10.2 Å². The van der Waals surface area contributed by atoms with Crippen LogP contribution < -0.4 is 10.2 Å². The van der Waals surface area contributed by atoms with Gasteiger partial charge in [-0.05, 0) is 44.3 Å². The van der Waals surface area contributed by atoms with Crippen molar-refractivity contribution in [2.75, 3.05) is 29.9 Å². The molecule has 130 valence electrons. The van der Waals surface area contributed by atoms with Gasteiger partial charge in [-0.3, -0.25) is 4.90 Å². The van der Waals surface area contributed by atoms with Gasteiger partial charge in [0.25, 0.3) is 0 Å². The summed E-state index contributed by atoms with van der Waals surface area (Å²) in [6, 6.07) is 5.21. The van der Waals surface area contributed by atoms with Crippen LogP contribution in [0.5, 0.6) is 0 Å². The molecule has 2 unspecified atom stereocenters. The molecule has 4 rings (SSSR count). The van der Waals surface area contributed by atoms with Gasteiger partial charge in [0.1, 0.15) is 10.8 Å². The highest BCUT2D eigenvalue weighted by Gasteiger charge is 2.40. The first-order valence-electron chi connectivity index (χ1n) is 8.55. The second-order valence-electron chi connectivity index (χ2n) is 6.78. The van der Waals surface area contributed by atoms with Crippen LogP contribution >= 0.6 is 11.5 Å². The number of hydrogen-bond donors (Lipinski definition) is 1. The van der Waals surface area contributed by atoms with Gasteiger partial charge in [0, 0.05) is 36.9 Å². The molecule has 2 atom stereocenters. The van der Waals surface area contributed by atoms with Crippen molar-refractivity contribution in [2.24, 2.45) is 0 Å². The molecule has 2 bridgehead atoms. The molecule has 7 nitrogen and oxygen atoms in total. The van der Waals surface area contributed by atoms with E-state index < -0.39 is 0 Å². The number of anilines is 3. The average molecular weight is 355 g/mol. The number of rotatable bonds is 4. The molecule has 2 saturated heterocycles. The van der Waals surface area contributed by atoms with Crippen LogP contribution in [0.3, 0.4) is 0 Å². The smallest absolute Gasteiger partial charge is 0.229 e. The van der Waals surface area contributed by atoms with E-state index in [0.717, 1.165) is 48.0 Å². The minimum absolute atomic E-state index is 0.452. The van der Waals surface area contributed by atoms with Crippen molar-refractivity contribution in [3.8, 4) is 6.07 Å². The summed E-state index contributed by atoms with van der Waals surface area (Å²) in [6.07, 6.45) is 4.21. The Morgan fingerprint density at radius 3 is 2.72 bits per heavy atom. The van der Waals surface area contributed by atoms with Gasteiger partial charge in [0.2, 0.25) is 5.95 Å². The number of hydrogen-bond acceptors (Lipinski definition) is 8. The maximum atomic E-state index is 9.05. The number of nitriles is 1. The van der Waals surface area contributed by atoms with Gasteiger partial charge in [-0.25, -0.2) is 4.98 Å². The van der Waals surface area contributed by atoms with Crippen LogP contribution in [-0.2, 0) is 0 Å². The van der Waals surface area contributed by atoms with E-state index in [1.54, 1.807) is 0 Å². The number of aryl methyl sites for hydroxylation is 2. The first-order valence-corrected chi connectivity index (χ1v) is 9.33. The summed E-state index contributed by atoms with van der Waals surface area (Å²) in [5.74, 6) is 1.60. The monoisotopic (exact) mass is 355 g/mol. The van der Waals surface area contributed by atoms with Crippen LogP contribution in [0, 0.1) is 25.2 Å². The molecular formula is C17H21N7S. The minimum atomic E-state index is 0.452. The molecular weight excluding hydrogens is 334 g/mol. The van der Waals surface area contributed by atoms with Crippen LogP contribution in [0.1, 0.15) is 24.1 Å². The molecule has 0 spiro atoms. The maximum Gasteiger partial charge on any atom is 0.229 e. The standard InChI is InChI=1S/C17H21N7S/c1-11-8-19-17(20-15-7-12(2)22-25-15)21-16(11)23-9-13-3-4-14(10-23)24(13)6-5-18/h7-8,13-14H,3-4,6,9-10H2,1-2H3,(H,19,20,21). The number of fused-ring (bicyclic) bond motifs is 2. The lowest BCUT2D eigenvalue weighted by molar-refractivity contribution is 0.191. The zero-order chi connectivity index (χ0) is 17.4. The molecule has 0 aromatic carbocycles. The second kappa shape index (κ2) is 6.58. The molecule has 8 heteroatoms. The van der Waals surface area contributed by atoms with E-state index >= 15 is 0 Å².